The molecule has 0 aliphatic carbocycles. The molecule has 1 amide bonds. The third-order valence-electron chi connectivity index (χ3n) is 3.59. The van der Waals surface area contributed by atoms with Gasteiger partial charge >= 0.3 is 0 Å². The van der Waals surface area contributed by atoms with Crippen molar-refractivity contribution in [1.82, 2.24) is 9.97 Å². The first-order valence-corrected chi connectivity index (χ1v) is 7.29. The standard InChI is InChI=1S/C16H18N4O2/c1-22-13-6-4-5-12(11-13)18-15(21)14-7-8-17-16(19-14)20-9-2-3-10-20/h4-8,11H,2-3,9-10H2,1H3,(H,18,21). The summed E-state index contributed by atoms with van der Waals surface area (Å²) in [5.41, 5.74) is 1.03. The topological polar surface area (TPSA) is 67.3 Å². The Morgan fingerprint density at radius 1 is 1.27 bits per heavy atom. The molecule has 0 unspecified atom stereocenters. The van der Waals surface area contributed by atoms with E-state index < -0.39 is 0 Å². The van der Waals surface area contributed by atoms with Crippen LogP contribution in [0.2, 0.25) is 0 Å². The molecule has 0 atom stereocenters. The summed E-state index contributed by atoms with van der Waals surface area (Å²) in [6, 6.07) is 8.84. The minimum atomic E-state index is -0.254. The van der Waals surface area contributed by atoms with Crippen LogP contribution in [0.4, 0.5) is 11.6 Å². The number of nitrogens with one attached hydrogen (secondary N) is 1. The molecule has 0 saturated carbocycles. The van der Waals surface area contributed by atoms with Gasteiger partial charge in [-0.1, -0.05) is 6.07 Å². The zero-order chi connectivity index (χ0) is 15.4. The number of hydrogen-bond donors (Lipinski definition) is 1. The molecule has 2 heterocycles. The van der Waals surface area contributed by atoms with E-state index >= 15 is 0 Å². The van der Waals surface area contributed by atoms with Gasteiger partial charge in [0.25, 0.3) is 5.91 Å². The SMILES string of the molecule is COc1cccc(NC(=O)c2ccnc(N3CCCC3)n2)c1. The Morgan fingerprint density at radius 2 is 2.09 bits per heavy atom. The maximum Gasteiger partial charge on any atom is 0.274 e. The van der Waals surface area contributed by atoms with Crippen LogP contribution in [0.1, 0.15) is 23.3 Å². The highest BCUT2D eigenvalue weighted by Crippen LogP contribution is 2.18. The predicted octanol–water partition coefficient (Wildman–Crippen LogP) is 2.34. The largest absolute Gasteiger partial charge is 0.497 e. The van der Waals surface area contributed by atoms with E-state index in [0.717, 1.165) is 25.9 Å². The van der Waals surface area contributed by atoms with Crippen molar-refractivity contribution in [3.63, 3.8) is 0 Å². The first-order valence-electron chi connectivity index (χ1n) is 7.29. The van der Waals surface area contributed by atoms with E-state index in [1.165, 1.54) is 0 Å². The van der Waals surface area contributed by atoms with Gasteiger partial charge in [0.1, 0.15) is 11.4 Å². The highest BCUT2D eigenvalue weighted by Gasteiger charge is 2.17. The number of aromatic nitrogens is 2. The fraction of sp³-hybridized carbons (Fsp3) is 0.312. The maximum atomic E-state index is 12.3. The average Bonchev–Trinajstić information content (AvgIpc) is 3.09. The van der Waals surface area contributed by atoms with E-state index in [1.807, 2.05) is 18.2 Å². The molecular formula is C16H18N4O2. The Labute approximate surface area is 129 Å². The molecule has 6 nitrogen and oxygen atoms in total. The van der Waals surface area contributed by atoms with Gasteiger partial charge in [-0.2, -0.15) is 0 Å². The molecule has 1 aliphatic heterocycles. The first-order chi connectivity index (χ1) is 10.8. The fourth-order valence-electron chi connectivity index (χ4n) is 2.44. The number of anilines is 2. The van der Waals surface area contributed by atoms with Crippen molar-refractivity contribution >= 4 is 17.5 Å². The van der Waals surface area contributed by atoms with Gasteiger partial charge in [0.2, 0.25) is 5.95 Å². The molecule has 1 N–H and O–H groups in total. The van der Waals surface area contributed by atoms with Crippen LogP contribution in [0.15, 0.2) is 36.5 Å². The highest BCUT2D eigenvalue weighted by molar-refractivity contribution is 6.03. The predicted molar refractivity (Wildman–Crippen MR) is 84.4 cm³/mol. The number of hydrogen-bond acceptors (Lipinski definition) is 5. The number of amides is 1. The van der Waals surface area contributed by atoms with E-state index in [4.69, 9.17) is 4.74 Å². The van der Waals surface area contributed by atoms with Crippen LogP contribution in [0.5, 0.6) is 5.75 Å². The van der Waals surface area contributed by atoms with E-state index in [1.54, 1.807) is 25.4 Å². The second kappa shape index (κ2) is 6.43. The zero-order valence-electron chi connectivity index (χ0n) is 12.5. The minimum absolute atomic E-state index is 0.254. The molecule has 6 heteroatoms. The lowest BCUT2D eigenvalue weighted by atomic mass is 10.3. The summed E-state index contributed by atoms with van der Waals surface area (Å²) in [4.78, 5) is 23.0. The smallest absolute Gasteiger partial charge is 0.274 e. The zero-order valence-corrected chi connectivity index (χ0v) is 12.5. The van der Waals surface area contributed by atoms with E-state index in [9.17, 15) is 4.79 Å². The summed E-state index contributed by atoms with van der Waals surface area (Å²) < 4.78 is 5.15. The second-order valence-electron chi connectivity index (χ2n) is 5.12. The lowest BCUT2D eigenvalue weighted by Gasteiger charge is -2.15. The first kappa shape index (κ1) is 14.3. The van der Waals surface area contributed by atoms with Gasteiger partial charge in [0.05, 0.1) is 7.11 Å². The van der Waals surface area contributed by atoms with Crippen molar-refractivity contribution in [1.29, 1.82) is 0 Å². The van der Waals surface area contributed by atoms with Gasteiger partial charge in [-0.15, -0.1) is 0 Å². The molecule has 0 radical (unpaired) electrons. The number of nitrogens with zero attached hydrogens (tertiary/aromatic N) is 3. The van der Waals surface area contributed by atoms with Gasteiger partial charge in [0.15, 0.2) is 0 Å². The molecule has 1 aromatic carbocycles. The van der Waals surface area contributed by atoms with Crippen LogP contribution in [0, 0.1) is 0 Å². The molecule has 1 saturated heterocycles. The van der Waals surface area contributed by atoms with Crippen LogP contribution in [0.25, 0.3) is 0 Å². The van der Waals surface area contributed by atoms with Gasteiger partial charge in [-0.3, -0.25) is 4.79 Å². The highest BCUT2D eigenvalue weighted by atomic mass is 16.5. The molecule has 0 spiro atoms. The van der Waals surface area contributed by atoms with Gasteiger partial charge < -0.3 is 15.0 Å². The van der Waals surface area contributed by atoms with Crippen LogP contribution >= 0.6 is 0 Å². The second-order valence-corrected chi connectivity index (χ2v) is 5.12. The third-order valence-corrected chi connectivity index (χ3v) is 3.59. The lowest BCUT2D eigenvalue weighted by molar-refractivity contribution is 0.102. The Balaban J connectivity index is 1.75. The van der Waals surface area contributed by atoms with Crippen LogP contribution in [-0.2, 0) is 0 Å². The van der Waals surface area contributed by atoms with Crippen molar-refractivity contribution < 1.29 is 9.53 Å². The van der Waals surface area contributed by atoms with Crippen molar-refractivity contribution in [2.75, 3.05) is 30.4 Å². The number of carbonyl (C=O) groups excluding carboxylic acids is 1. The van der Waals surface area contributed by atoms with Crippen molar-refractivity contribution in [3.05, 3.63) is 42.2 Å². The van der Waals surface area contributed by atoms with Crippen molar-refractivity contribution in [2.24, 2.45) is 0 Å². The maximum absolute atomic E-state index is 12.3. The van der Waals surface area contributed by atoms with Gasteiger partial charge in [-0.05, 0) is 31.0 Å². The summed E-state index contributed by atoms with van der Waals surface area (Å²) in [6.45, 7) is 1.89. The van der Waals surface area contributed by atoms with Gasteiger partial charge in [-0.25, -0.2) is 9.97 Å². The molecule has 22 heavy (non-hydrogen) atoms. The van der Waals surface area contributed by atoms with Crippen LogP contribution < -0.4 is 15.0 Å². The van der Waals surface area contributed by atoms with Crippen LogP contribution in [-0.4, -0.2) is 36.1 Å². The monoisotopic (exact) mass is 298 g/mol. The number of carbonyl (C=O) groups is 1. The summed E-state index contributed by atoms with van der Waals surface area (Å²) in [5, 5.41) is 2.82. The third kappa shape index (κ3) is 3.16. The fourth-order valence-corrected chi connectivity index (χ4v) is 2.44. The molecule has 1 aliphatic rings. The van der Waals surface area contributed by atoms with Crippen molar-refractivity contribution in [3.8, 4) is 5.75 Å². The molecule has 2 aromatic rings. The van der Waals surface area contributed by atoms with Crippen LogP contribution in [0.3, 0.4) is 0 Å². The number of methoxy groups -OCH3 is 1. The molecule has 1 aromatic heterocycles. The Hall–Kier alpha value is -2.63. The minimum Gasteiger partial charge on any atom is -0.497 e. The Kier molecular flexibility index (Phi) is 4.18. The summed E-state index contributed by atoms with van der Waals surface area (Å²) in [5.74, 6) is 1.06. The molecule has 0 bridgehead atoms. The molecular weight excluding hydrogens is 280 g/mol. The van der Waals surface area contributed by atoms with E-state index in [2.05, 4.69) is 20.2 Å². The Morgan fingerprint density at radius 3 is 2.86 bits per heavy atom. The molecule has 1 fully saturated rings. The van der Waals surface area contributed by atoms with Gasteiger partial charge in [0, 0.05) is 31.0 Å². The quantitative estimate of drug-likeness (QED) is 0.938. The summed E-state index contributed by atoms with van der Waals surface area (Å²) in [7, 11) is 1.59. The average molecular weight is 298 g/mol. The normalized spacial score (nSPS) is 14.0. The van der Waals surface area contributed by atoms with E-state index in [0.29, 0.717) is 23.1 Å². The summed E-state index contributed by atoms with van der Waals surface area (Å²) >= 11 is 0. The molecule has 114 valence electrons. The number of benzene rings is 1. The molecule has 3 rings (SSSR count). The van der Waals surface area contributed by atoms with E-state index in [-0.39, 0.29) is 5.91 Å². The number of ether oxygens (including phenoxy) is 1. The lowest BCUT2D eigenvalue weighted by Crippen LogP contribution is -2.22. The number of rotatable bonds is 4. The Bertz CT molecular complexity index is 669. The van der Waals surface area contributed by atoms with Crippen molar-refractivity contribution in [2.45, 2.75) is 12.8 Å². The summed E-state index contributed by atoms with van der Waals surface area (Å²) in [6.07, 6.45) is 3.91.